The van der Waals surface area contributed by atoms with Crippen LogP contribution in [-0.2, 0) is 26.7 Å². The molecule has 1 aromatic carbocycles. The number of benzene rings is 1. The van der Waals surface area contributed by atoms with Crippen molar-refractivity contribution < 1.29 is 23.3 Å². The summed E-state index contributed by atoms with van der Waals surface area (Å²) in [6.45, 7) is 11.7. The number of hydrogen-bond acceptors (Lipinski definition) is 5. The molecule has 1 saturated heterocycles. The molecule has 8 heteroatoms. The zero-order valence-electron chi connectivity index (χ0n) is 21.2. The molecule has 1 fully saturated rings. The number of piperidine rings is 1. The Labute approximate surface area is 204 Å². The molecule has 1 aliphatic carbocycles. The van der Waals surface area contributed by atoms with E-state index >= 15 is 0 Å². The Morgan fingerprint density at radius 1 is 1.06 bits per heavy atom. The molecule has 186 valence electrons. The summed E-state index contributed by atoms with van der Waals surface area (Å²) in [6.07, 6.45) is 4.31. The van der Waals surface area contributed by atoms with Crippen molar-refractivity contribution in [3.8, 4) is 0 Å². The monoisotopic (exact) mass is 488 g/mol. The minimum atomic E-state index is -0.961. The minimum Gasteiger partial charge on any atom is -0.444 e. The zero-order valence-corrected chi connectivity index (χ0v) is 22.0. The van der Waals surface area contributed by atoms with Crippen LogP contribution < -0.4 is 0 Å². The number of nitrogens with zero attached hydrogens (tertiary/aromatic N) is 2. The summed E-state index contributed by atoms with van der Waals surface area (Å²) in [7, 11) is -0.961. The van der Waals surface area contributed by atoms with Crippen LogP contribution in [0.4, 0.5) is 9.59 Å². The number of amides is 1. The molecule has 4 atom stereocenters. The van der Waals surface area contributed by atoms with Crippen molar-refractivity contribution in [3.63, 3.8) is 0 Å². The lowest BCUT2D eigenvalue weighted by Gasteiger charge is -2.47. The molecule has 2 unspecified atom stereocenters. The van der Waals surface area contributed by atoms with Crippen LogP contribution in [0.1, 0.15) is 65.0 Å². The van der Waals surface area contributed by atoms with E-state index in [-0.39, 0.29) is 24.0 Å². The van der Waals surface area contributed by atoms with Crippen LogP contribution in [-0.4, -0.2) is 61.7 Å². The number of ether oxygens (including phenoxy) is 2. The molecular weight excluding hydrogens is 452 g/mol. The molecule has 1 aromatic heterocycles. The van der Waals surface area contributed by atoms with Gasteiger partial charge < -0.3 is 14.4 Å². The Balaban J connectivity index is 1.77. The highest BCUT2D eigenvalue weighted by atomic mass is 32.2. The number of hydrogen-bond donors (Lipinski definition) is 0. The zero-order chi connectivity index (χ0) is 25.0. The highest BCUT2D eigenvalue weighted by Gasteiger charge is 2.44. The van der Waals surface area contributed by atoms with Gasteiger partial charge in [0.1, 0.15) is 11.2 Å². The van der Waals surface area contributed by atoms with Gasteiger partial charge in [0.25, 0.3) is 0 Å². The third-order valence-electron chi connectivity index (χ3n) is 6.36. The number of carbonyl (C=O) groups excluding carboxylic acids is 2. The van der Waals surface area contributed by atoms with Gasteiger partial charge in [0, 0.05) is 52.9 Å². The van der Waals surface area contributed by atoms with E-state index in [0.717, 1.165) is 28.5 Å². The van der Waals surface area contributed by atoms with Gasteiger partial charge in [-0.05, 0) is 77.5 Å². The van der Waals surface area contributed by atoms with E-state index < -0.39 is 28.1 Å². The first-order valence-corrected chi connectivity index (χ1v) is 13.6. The molecule has 0 radical (unpaired) electrons. The normalized spacial score (nSPS) is 23.4. The van der Waals surface area contributed by atoms with E-state index in [1.165, 1.54) is 0 Å². The summed E-state index contributed by atoms with van der Waals surface area (Å²) < 4.78 is 25.1. The van der Waals surface area contributed by atoms with Crippen molar-refractivity contribution in [2.45, 2.75) is 77.5 Å². The van der Waals surface area contributed by atoms with Gasteiger partial charge in [0.15, 0.2) is 0 Å². The average molecular weight is 489 g/mol. The van der Waals surface area contributed by atoms with Crippen LogP contribution in [0.3, 0.4) is 0 Å². The first-order valence-electron chi connectivity index (χ1n) is 11.9. The van der Waals surface area contributed by atoms with Gasteiger partial charge in [-0.1, -0.05) is 12.1 Å². The molecule has 0 spiro atoms. The van der Waals surface area contributed by atoms with Gasteiger partial charge in [0.05, 0.1) is 5.52 Å². The molecule has 1 aliphatic heterocycles. The van der Waals surface area contributed by atoms with E-state index in [9.17, 15) is 13.8 Å². The summed E-state index contributed by atoms with van der Waals surface area (Å²) in [6, 6.07) is 5.92. The van der Waals surface area contributed by atoms with Crippen molar-refractivity contribution in [3.05, 3.63) is 35.5 Å². The lowest BCUT2D eigenvalue weighted by Crippen LogP contribution is -2.54. The molecule has 34 heavy (non-hydrogen) atoms. The van der Waals surface area contributed by atoms with Gasteiger partial charge in [-0.2, -0.15) is 0 Å². The maximum atomic E-state index is 13.3. The molecule has 7 nitrogen and oxygen atoms in total. The molecule has 4 rings (SSSR count). The molecule has 0 saturated carbocycles. The van der Waals surface area contributed by atoms with E-state index in [0.29, 0.717) is 18.7 Å². The summed E-state index contributed by atoms with van der Waals surface area (Å²) >= 11 is 0. The van der Waals surface area contributed by atoms with Crippen LogP contribution in [0, 0.1) is 5.92 Å². The van der Waals surface area contributed by atoms with Gasteiger partial charge in [-0.25, -0.2) is 9.59 Å². The maximum absolute atomic E-state index is 13.3. The fourth-order valence-corrected chi connectivity index (χ4v) is 6.25. The van der Waals surface area contributed by atoms with E-state index in [1.807, 2.05) is 64.8 Å². The average Bonchev–Trinajstić information content (AvgIpc) is 3.05. The first kappa shape index (κ1) is 24.8. The summed E-state index contributed by atoms with van der Waals surface area (Å²) in [5, 5.41) is 1.07. The Hall–Kier alpha value is -2.35. The van der Waals surface area contributed by atoms with Gasteiger partial charge >= 0.3 is 12.2 Å². The van der Waals surface area contributed by atoms with Crippen LogP contribution >= 0.6 is 0 Å². The molecular formula is C26H36N2O5S. The Morgan fingerprint density at radius 3 is 2.32 bits per heavy atom. The van der Waals surface area contributed by atoms with Crippen molar-refractivity contribution in [2.75, 3.05) is 18.6 Å². The Morgan fingerprint density at radius 2 is 1.71 bits per heavy atom. The predicted octanol–water partition coefficient (Wildman–Crippen LogP) is 5.07. The molecule has 0 bridgehead atoms. The molecule has 0 N–H and O–H groups in total. The second-order valence-electron chi connectivity index (χ2n) is 11.6. The quantitative estimate of drug-likeness (QED) is 0.590. The molecule has 1 amide bonds. The van der Waals surface area contributed by atoms with Crippen LogP contribution in [0.2, 0.25) is 0 Å². The first-order chi connectivity index (χ1) is 15.7. The fourth-order valence-electron chi connectivity index (χ4n) is 5.34. The highest BCUT2D eigenvalue weighted by Crippen LogP contribution is 2.46. The molecule has 2 aromatic rings. The van der Waals surface area contributed by atoms with E-state index in [1.54, 1.807) is 10.8 Å². The minimum absolute atomic E-state index is 0.0796. The standard InChI is InChI=1S/C26H36N2O5S/c1-25(2,3)32-23(29)27-13-16(15-34(7)31)11-19-18-9-8-10-20-22(18)17(12-21(19)27)14-28(20)24(30)33-26(4,5)6/h8-10,14,16,19,21H,11-13,15H2,1-7H3/t16-,19?,21-,34?/m1/s1. The van der Waals surface area contributed by atoms with Crippen LogP contribution in [0.15, 0.2) is 24.4 Å². The second-order valence-corrected chi connectivity index (χ2v) is 13.1. The lowest BCUT2D eigenvalue weighted by atomic mass is 9.72. The third-order valence-corrected chi connectivity index (χ3v) is 7.31. The Kier molecular flexibility index (Phi) is 6.34. The van der Waals surface area contributed by atoms with Crippen molar-refractivity contribution >= 4 is 33.9 Å². The van der Waals surface area contributed by atoms with Crippen molar-refractivity contribution in [1.82, 2.24) is 9.47 Å². The number of aromatic nitrogens is 1. The predicted molar refractivity (Wildman–Crippen MR) is 134 cm³/mol. The number of rotatable bonds is 2. The lowest BCUT2D eigenvalue weighted by molar-refractivity contribution is -0.000299. The summed E-state index contributed by atoms with van der Waals surface area (Å²) in [5.74, 6) is 0.745. The number of carbonyl (C=O) groups is 2. The number of fused-ring (bicyclic) bond motifs is 2. The largest absolute Gasteiger partial charge is 0.444 e. The van der Waals surface area contributed by atoms with Crippen LogP contribution in [0.5, 0.6) is 0 Å². The van der Waals surface area contributed by atoms with Gasteiger partial charge in [-0.3, -0.25) is 8.78 Å². The van der Waals surface area contributed by atoms with Crippen LogP contribution in [0.25, 0.3) is 10.9 Å². The van der Waals surface area contributed by atoms with Crippen molar-refractivity contribution in [2.24, 2.45) is 5.92 Å². The van der Waals surface area contributed by atoms with Gasteiger partial charge in [-0.15, -0.1) is 0 Å². The second kappa shape index (κ2) is 8.70. The Bertz CT molecular complexity index is 1140. The summed E-state index contributed by atoms with van der Waals surface area (Å²) in [5.41, 5.74) is 1.78. The van der Waals surface area contributed by atoms with E-state index in [2.05, 4.69) is 6.07 Å². The number of likely N-dealkylation sites (tertiary alicyclic amines) is 1. The van der Waals surface area contributed by atoms with E-state index in [4.69, 9.17) is 9.47 Å². The SMILES string of the molecule is CS(=O)C[C@@H]1CC2c3cccc4c3c(cn4C(=O)OC(C)(C)C)C[C@H]2N(C(=O)OC(C)(C)C)C1. The highest BCUT2D eigenvalue weighted by molar-refractivity contribution is 7.84. The van der Waals surface area contributed by atoms with Crippen molar-refractivity contribution in [1.29, 1.82) is 0 Å². The van der Waals surface area contributed by atoms with Gasteiger partial charge in [0.2, 0.25) is 0 Å². The summed E-state index contributed by atoms with van der Waals surface area (Å²) in [4.78, 5) is 28.1. The third kappa shape index (κ3) is 5.02. The topological polar surface area (TPSA) is 77.8 Å². The molecule has 2 aliphatic rings. The maximum Gasteiger partial charge on any atom is 0.419 e. The smallest absolute Gasteiger partial charge is 0.419 e. The fraction of sp³-hybridized carbons (Fsp3) is 0.615. The molecule has 2 heterocycles.